The summed E-state index contributed by atoms with van der Waals surface area (Å²) in [5.74, 6) is 0.230. The molecule has 2 N–H and O–H groups in total. The predicted molar refractivity (Wildman–Crippen MR) is 80.3 cm³/mol. The summed E-state index contributed by atoms with van der Waals surface area (Å²) in [6.07, 6.45) is 6.18. The molecule has 112 valence electrons. The number of nitrogens with zero attached hydrogens (tertiary/aromatic N) is 2. The van der Waals surface area contributed by atoms with Crippen LogP contribution in [0.15, 0.2) is 11.0 Å². The monoisotopic (exact) mass is 299 g/mol. The summed E-state index contributed by atoms with van der Waals surface area (Å²) in [6.45, 7) is 3.28. The number of hydrogen-bond acceptors (Lipinski definition) is 4. The highest BCUT2D eigenvalue weighted by molar-refractivity contribution is 6.32. The van der Waals surface area contributed by atoms with E-state index in [0.29, 0.717) is 18.8 Å². The summed E-state index contributed by atoms with van der Waals surface area (Å²) < 4.78 is 1.40. The number of aromatic nitrogens is 2. The molecule has 1 aromatic rings. The van der Waals surface area contributed by atoms with Gasteiger partial charge in [-0.15, -0.1) is 0 Å². The van der Waals surface area contributed by atoms with Crippen molar-refractivity contribution in [3.05, 3.63) is 21.6 Å². The van der Waals surface area contributed by atoms with E-state index >= 15 is 0 Å². The van der Waals surface area contributed by atoms with Crippen molar-refractivity contribution in [2.75, 3.05) is 11.9 Å². The van der Waals surface area contributed by atoms with Crippen molar-refractivity contribution in [1.82, 2.24) is 9.78 Å². The number of unbranched alkanes of at least 4 members (excludes halogenated alkanes) is 1. The number of aliphatic hydroxyl groups is 1. The first-order valence-electron chi connectivity index (χ1n) is 7.31. The molecule has 1 aromatic heterocycles. The lowest BCUT2D eigenvalue weighted by Gasteiger charge is -2.16. The second kappa shape index (κ2) is 7.09. The van der Waals surface area contributed by atoms with Crippen LogP contribution in [0, 0.1) is 5.92 Å². The van der Waals surface area contributed by atoms with E-state index in [1.165, 1.54) is 4.68 Å². The maximum atomic E-state index is 12.0. The Labute approximate surface area is 124 Å². The smallest absolute Gasteiger partial charge is 0.287 e. The molecule has 0 aromatic carbocycles. The first kappa shape index (κ1) is 15.3. The van der Waals surface area contributed by atoms with Gasteiger partial charge in [0.1, 0.15) is 5.02 Å². The van der Waals surface area contributed by atoms with Crippen LogP contribution in [0.4, 0.5) is 5.69 Å². The highest BCUT2D eigenvalue weighted by atomic mass is 35.5. The molecule has 1 aliphatic rings. The van der Waals surface area contributed by atoms with Gasteiger partial charge in [0.15, 0.2) is 0 Å². The van der Waals surface area contributed by atoms with Gasteiger partial charge in [0, 0.05) is 19.0 Å². The van der Waals surface area contributed by atoms with Crippen molar-refractivity contribution < 1.29 is 5.11 Å². The standard InChI is InChI=1S/C14H22ClN3O2/c1-2-3-7-18-14(20)13(15)11(9-17-18)16-8-10-5-4-6-12(10)19/h9-10,12,16,19H,2-8H2,1H3. The summed E-state index contributed by atoms with van der Waals surface area (Å²) in [5.41, 5.74) is 0.306. The van der Waals surface area contributed by atoms with Crippen molar-refractivity contribution >= 4 is 17.3 Å². The van der Waals surface area contributed by atoms with Gasteiger partial charge in [-0.1, -0.05) is 31.4 Å². The average molecular weight is 300 g/mol. The fourth-order valence-electron chi connectivity index (χ4n) is 2.55. The van der Waals surface area contributed by atoms with E-state index in [-0.39, 0.29) is 22.6 Å². The second-order valence-electron chi connectivity index (χ2n) is 5.39. The van der Waals surface area contributed by atoms with Crippen molar-refractivity contribution in [2.24, 2.45) is 5.92 Å². The van der Waals surface area contributed by atoms with Crippen LogP contribution in [0.5, 0.6) is 0 Å². The van der Waals surface area contributed by atoms with Gasteiger partial charge in [0.25, 0.3) is 5.56 Å². The molecule has 0 radical (unpaired) electrons. The number of aryl methyl sites for hydroxylation is 1. The topological polar surface area (TPSA) is 67.2 Å². The van der Waals surface area contributed by atoms with Gasteiger partial charge in [-0.05, 0) is 19.3 Å². The minimum atomic E-state index is -0.253. The zero-order valence-electron chi connectivity index (χ0n) is 11.8. The van der Waals surface area contributed by atoms with Gasteiger partial charge in [-0.2, -0.15) is 5.10 Å². The quantitative estimate of drug-likeness (QED) is 0.845. The number of hydrogen-bond donors (Lipinski definition) is 2. The maximum Gasteiger partial charge on any atom is 0.287 e. The molecule has 1 saturated carbocycles. The third-order valence-electron chi connectivity index (χ3n) is 3.88. The van der Waals surface area contributed by atoms with E-state index in [1.807, 2.05) is 0 Å². The van der Waals surface area contributed by atoms with E-state index in [1.54, 1.807) is 6.20 Å². The number of aliphatic hydroxyl groups excluding tert-OH is 1. The van der Waals surface area contributed by atoms with Crippen LogP contribution in [0.1, 0.15) is 39.0 Å². The van der Waals surface area contributed by atoms with Crippen LogP contribution in [0.25, 0.3) is 0 Å². The van der Waals surface area contributed by atoms with Gasteiger partial charge < -0.3 is 10.4 Å². The van der Waals surface area contributed by atoms with Gasteiger partial charge in [-0.25, -0.2) is 4.68 Å². The Balaban J connectivity index is 2.01. The highest BCUT2D eigenvalue weighted by Crippen LogP contribution is 2.26. The van der Waals surface area contributed by atoms with Gasteiger partial charge in [-0.3, -0.25) is 4.79 Å². The molecule has 2 atom stereocenters. The zero-order chi connectivity index (χ0) is 14.5. The summed E-state index contributed by atoms with van der Waals surface area (Å²) in [5, 5.41) is 17.2. The van der Waals surface area contributed by atoms with Crippen molar-refractivity contribution in [2.45, 2.75) is 51.7 Å². The Bertz CT molecular complexity index is 504. The molecular formula is C14H22ClN3O2. The Hall–Kier alpha value is -1.07. The normalized spacial score (nSPS) is 22.1. The molecule has 1 heterocycles. The molecular weight excluding hydrogens is 278 g/mol. The van der Waals surface area contributed by atoms with E-state index in [9.17, 15) is 9.90 Å². The summed E-state index contributed by atoms with van der Waals surface area (Å²) >= 11 is 6.10. The van der Waals surface area contributed by atoms with E-state index in [4.69, 9.17) is 11.6 Å². The maximum absolute atomic E-state index is 12.0. The number of halogens is 1. The molecule has 0 spiro atoms. The minimum absolute atomic E-state index is 0.184. The summed E-state index contributed by atoms with van der Waals surface area (Å²) in [4.78, 5) is 12.0. The molecule has 0 bridgehead atoms. The number of anilines is 1. The number of rotatable bonds is 6. The Morgan fingerprint density at radius 3 is 3.00 bits per heavy atom. The largest absolute Gasteiger partial charge is 0.393 e. The molecule has 6 heteroatoms. The lowest BCUT2D eigenvalue weighted by Crippen LogP contribution is -2.26. The third-order valence-corrected chi connectivity index (χ3v) is 4.25. The second-order valence-corrected chi connectivity index (χ2v) is 5.77. The van der Waals surface area contributed by atoms with Crippen LogP contribution in [0.3, 0.4) is 0 Å². The van der Waals surface area contributed by atoms with Crippen LogP contribution in [0.2, 0.25) is 5.02 Å². The third kappa shape index (κ3) is 3.52. The minimum Gasteiger partial charge on any atom is -0.393 e. The van der Waals surface area contributed by atoms with Crippen LogP contribution >= 0.6 is 11.6 Å². The van der Waals surface area contributed by atoms with Crippen molar-refractivity contribution in [3.8, 4) is 0 Å². The Morgan fingerprint density at radius 2 is 2.35 bits per heavy atom. The SMILES string of the molecule is CCCCn1ncc(NCC2CCCC2O)c(Cl)c1=O. The van der Waals surface area contributed by atoms with Crippen LogP contribution < -0.4 is 10.9 Å². The highest BCUT2D eigenvalue weighted by Gasteiger charge is 2.25. The summed E-state index contributed by atoms with van der Waals surface area (Å²) in [7, 11) is 0. The van der Waals surface area contributed by atoms with Crippen molar-refractivity contribution in [3.63, 3.8) is 0 Å². The molecule has 2 rings (SSSR count). The number of nitrogens with one attached hydrogen (secondary N) is 1. The Morgan fingerprint density at radius 1 is 1.55 bits per heavy atom. The molecule has 1 aliphatic carbocycles. The predicted octanol–water partition coefficient (Wildman–Crippen LogP) is 2.27. The summed E-state index contributed by atoms with van der Waals surface area (Å²) in [6, 6.07) is 0. The fourth-order valence-corrected chi connectivity index (χ4v) is 2.77. The first-order chi connectivity index (χ1) is 9.63. The van der Waals surface area contributed by atoms with Crippen LogP contribution in [-0.4, -0.2) is 27.5 Å². The van der Waals surface area contributed by atoms with Crippen LogP contribution in [-0.2, 0) is 6.54 Å². The molecule has 0 saturated heterocycles. The Kier molecular flexibility index (Phi) is 5.43. The van der Waals surface area contributed by atoms with Gasteiger partial charge in [0.05, 0.1) is 18.0 Å². The first-order valence-corrected chi connectivity index (χ1v) is 7.68. The van der Waals surface area contributed by atoms with Crippen molar-refractivity contribution in [1.29, 1.82) is 0 Å². The van der Waals surface area contributed by atoms with Gasteiger partial charge in [0.2, 0.25) is 0 Å². The molecule has 20 heavy (non-hydrogen) atoms. The van der Waals surface area contributed by atoms with E-state index in [2.05, 4.69) is 17.3 Å². The molecule has 2 unspecified atom stereocenters. The fraction of sp³-hybridized carbons (Fsp3) is 0.714. The zero-order valence-corrected chi connectivity index (χ0v) is 12.6. The lowest BCUT2D eigenvalue weighted by atomic mass is 10.1. The van der Waals surface area contributed by atoms with E-state index in [0.717, 1.165) is 32.1 Å². The van der Waals surface area contributed by atoms with E-state index < -0.39 is 0 Å². The lowest BCUT2D eigenvalue weighted by molar-refractivity contribution is 0.138. The van der Waals surface area contributed by atoms with Gasteiger partial charge >= 0.3 is 0 Å². The molecule has 0 amide bonds. The molecule has 5 nitrogen and oxygen atoms in total. The average Bonchev–Trinajstić information content (AvgIpc) is 2.85. The molecule has 1 fully saturated rings. The molecule has 0 aliphatic heterocycles.